The highest BCUT2D eigenvalue weighted by Crippen LogP contribution is 2.44. The maximum absolute atomic E-state index is 14.2. The van der Waals surface area contributed by atoms with Crippen molar-refractivity contribution in [2.75, 3.05) is 88.1 Å². The van der Waals surface area contributed by atoms with Crippen molar-refractivity contribution in [3.8, 4) is 0 Å². The largest absolute Gasteiger partial charge is 0.501 e. The third kappa shape index (κ3) is 13.1. The monoisotopic (exact) mass is 1010 g/mol. The number of morpholine rings is 1. The molecule has 68 heavy (non-hydrogen) atoms. The molecular weight excluding hydrogens is 961 g/mol. The number of sulfone groups is 1. The zero-order chi connectivity index (χ0) is 48.5. The summed E-state index contributed by atoms with van der Waals surface area (Å²) in [4.78, 5) is 21.9. The topological polar surface area (TPSA) is 177 Å². The zero-order valence-electron chi connectivity index (χ0n) is 37.5. The molecule has 0 aromatic heterocycles. The highest BCUT2D eigenvalue weighted by Gasteiger charge is 2.48. The van der Waals surface area contributed by atoms with E-state index in [1.54, 1.807) is 12.1 Å². The van der Waals surface area contributed by atoms with Crippen LogP contribution in [0.3, 0.4) is 0 Å². The lowest BCUT2D eigenvalue weighted by Crippen LogP contribution is -2.47. The van der Waals surface area contributed by atoms with Gasteiger partial charge in [-0.2, -0.15) is 13.2 Å². The van der Waals surface area contributed by atoms with Gasteiger partial charge in [-0.25, -0.2) is 21.6 Å². The predicted molar refractivity (Wildman–Crippen MR) is 260 cm³/mol. The number of piperazine rings is 1. The van der Waals surface area contributed by atoms with Gasteiger partial charge >= 0.3 is 5.51 Å². The van der Waals surface area contributed by atoms with Crippen LogP contribution < -0.4 is 14.9 Å². The Labute approximate surface area is 404 Å². The molecule has 1 aliphatic carbocycles. The van der Waals surface area contributed by atoms with E-state index in [9.17, 15) is 34.8 Å². The fraction of sp³-hybridized carbons (Fsp3) is 0.426. The summed E-state index contributed by atoms with van der Waals surface area (Å²) < 4.78 is 103. The van der Waals surface area contributed by atoms with Crippen LogP contribution in [0.15, 0.2) is 122 Å². The summed E-state index contributed by atoms with van der Waals surface area (Å²) in [6.45, 7) is 9.14. The smallest absolute Gasteiger partial charge is 0.380 e. The van der Waals surface area contributed by atoms with Gasteiger partial charge in [-0.3, -0.25) is 14.6 Å². The van der Waals surface area contributed by atoms with Crippen molar-refractivity contribution in [3.05, 3.63) is 129 Å². The number of hydrogen-bond donors (Lipinski definition) is 2. The fourth-order valence-corrected chi connectivity index (χ4v) is 11.9. The zero-order valence-corrected chi connectivity index (χ0v) is 40.7. The molecule has 364 valence electrons. The number of hydrogen-bond acceptors (Lipinski definition) is 12. The molecule has 0 bridgehead atoms. The molecule has 21 heteroatoms. The number of azide groups is 1. The van der Waals surface area contributed by atoms with Crippen molar-refractivity contribution in [2.24, 2.45) is 10.5 Å². The molecule has 7 rings (SSSR count). The van der Waals surface area contributed by atoms with Crippen LogP contribution in [0.4, 0.5) is 24.5 Å². The van der Waals surface area contributed by atoms with Crippen LogP contribution in [0.1, 0.15) is 48.5 Å². The highest BCUT2D eigenvalue weighted by atomic mass is 35.5. The first-order valence-electron chi connectivity index (χ1n) is 22.3. The number of carbonyl (C=O) groups is 1. The van der Waals surface area contributed by atoms with Crippen molar-refractivity contribution in [3.63, 3.8) is 0 Å². The Kier molecular flexibility index (Phi) is 16.8. The molecule has 3 aliphatic rings. The standard InChI is InChI=1S/C47H54ClF3N8O6S3/c1-46(33-53-56-52)19-17-42(34-7-11-37(48)12-8-34)36(30-46)31-58-21-23-59(24-22-58)39-13-9-35(10-14-39)45(60)55-68(63,64)41-15-16-43(44(29-41)67(61,62)47(49,50)51)54-38(18-20-57-25-27-65-28-26-57)32-66-40-5-3-2-4-6-40/h2-16,29,38,54H,17-28,30-33H2,1H3,(H,55,60)/t38-,46?/m1/s1. The van der Waals surface area contributed by atoms with E-state index in [0.717, 1.165) is 67.2 Å². The Morgan fingerprint density at radius 3 is 2.28 bits per heavy atom. The third-order valence-corrected chi connectivity index (χ3v) is 16.9. The number of thioether (sulfide) groups is 1. The second-order valence-electron chi connectivity index (χ2n) is 17.5. The molecule has 0 saturated carbocycles. The fourth-order valence-electron chi connectivity index (χ4n) is 8.73. The molecule has 14 nitrogen and oxygen atoms in total. The van der Waals surface area contributed by atoms with Crippen LogP contribution in [-0.2, 0) is 24.6 Å². The van der Waals surface area contributed by atoms with Gasteiger partial charge in [0.25, 0.3) is 25.8 Å². The van der Waals surface area contributed by atoms with E-state index < -0.39 is 52.8 Å². The van der Waals surface area contributed by atoms with Crippen LogP contribution in [0.2, 0.25) is 5.02 Å². The maximum Gasteiger partial charge on any atom is 0.501 e. The van der Waals surface area contributed by atoms with Crippen molar-refractivity contribution in [1.82, 2.24) is 14.5 Å². The molecule has 0 spiro atoms. The quantitative estimate of drug-likeness (QED) is 0.0421. The molecule has 2 heterocycles. The molecule has 4 aromatic rings. The number of allylic oxidation sites excluding steroid dienone is 1. The number of alkyl halides is 3. The van der Waals surface area contributed by atoms with Gasteiger partial charge in [-0.05, 0) is 114 Å². The second-order valence-corrected chi connectivity index (χ2v) is 22.6. The lowest BCUT2D eigenvalue weighted by atomic mass is 9.71. The Morgan fingerprint density at radius 2 is 1.62 bits per heavy atom. The van der Waals surface area contributed by atoms with Crippen LogP contribution in [0, 0.1) is 5.41 Å². The first-order valence-corrected chi connectivity index (χ1v) is 26.6. The summed E-state index contributed by atoms with van der Waals surface area (Å²) in [5, 5.41) is 7.56. The molecule has 0 radical (unpaired) electrons. The van der Waals surface area contributed by atoms with Crippen LogP contribution in [0.5, 0.6) is 0 Å². The lowest BCUT2D eigenvalue weighted by molar-refractivity contribution is -0.0435. The predicted octanol–water partition coefficient (Wildman–Crippen LogP) is 9.12. The number of carbonyl (C=O) groups excluding carboxylic acids is 1. The number of nitrogens with one attached hydrogen (secondary N) is 2. The summed E-state index contributed by atoms with van der Waals surface area (Å²) in [7, 11) is -10.9. The Morgan fingerprint density at radius 1 is 0.926 bits per heavy atom. The normalized spacial score (nSPS) is 19.3. The molecule has 1 unspecified atom stereocenters. The van der Waals surface area contributed by atoms with E-state index in [0.29, 0.717) is 75.7 Å². The Hall–Kier alpha value is -4.79. The van der Waals surface area contributed by atoms with Gasteiger partial charge in [-0.1, -0.05) is 59.5 Å². The van der Waals surface area contributed by atoms with E-state index >= 15 is 0 Å². The number of ether oxygens (including phenoxy) is 1. The number of amides is 1. The number of rotatable bonds is 18. The maximum atomic E-state index is 14.2. The van der Waals surface area contributed by atoms with Gasteiger partial charge in [0.2, 0.25) is 0 Å². The van der Waals surface area contributed by atoms with Crippen molar-refractivity contribution in [1.29, 1.82) is 0 Å². The summed E-state index contributed by atoms with van der Waals surface area (Å²) in [5.41, 5.74) is 7.20. The van der Waals surface area contributed by atoms with Crippen LogP contribution in [-0.4, -0.2) is 122 Å². The van der Waals surface area contributed by atoms with E-state index in [2.05, 4.69) is 37.0 Å². The number of anilines is 2. The van der Waals surface area contributed by atoms with Gasteiger partial charge in [-0.15, -0.1) is 11.8 Å². The third-order valence-electron chi connectivity index (χ3n) is 12.6. The summed E-state index contributed by atoms with van der Waals surface area (Å²) in [6, 6.07) is 25.4. The van der Waals surface area contributed by atoms with Gasteiger partial charge in [0.05, 0.1) is 23.8 Å². The van der Waals surface area contributed by atoms with E-state index in [4.69, 9.17) is 21.9 Å². The Balaban J connectivity index is 1.02. The average molecular weight is 1020 g/mol. The van der Waals surface area contributed by atoms with Gasteiger partial charge in [0.15, 0.2) is 0 Å². The molecule has 1 amide bonds. The molecule has 2 N–H and O–H groups in total. The van der Waals surface area contributed by atoms with Crippen LogP contribution in [0.25, 0.3) is 16.0 Å². The second kappa shape index (κ2) is 22.3. The van der Waals surface area contributed by atoms with Crippen molar-refractivity contribution < 1.29 is 39.5 Å². The molecule has 2 saturated heterocycles. The van der Waals surface area contributed by atoms with E-state index in [-0.39, 0.29) is 11.0 Å². The van der Waals surface area contributed by atoms with E-state index in [1.807, 2.05) is 59.3 Å². The summed E-state index contributed by atoms with van der Waals surface area (Å²) in [6.07, 6.45) is 2.98. The highest BCUT2D eigenvalue weighted by molar-refractivity contribution is 7.99. The average Bonchev–Trinajstić information content (AvgIpc) is 3.32. The minimum atomic E-state index is -6.07. The molecule has 2 atom stereocenters. The molecule has 4 aromatic carbocycles. The molecule has 2 fully saturated rings. The van der Waals surface area contributed by atoms with Gasteiger partial charge < -0.3 is 15.0 Å². The number of sulfonamides is 1. The number of nitrogens with zero attached hydrogens (tertiary/aromatic N) is 6. The first-order chi connectivity index (χ1) is 32.4. The van der Waals surface area contributed by atoms with Crippen LogP contribution >= 0.6 is 23.4 Å². The minimum Gasteiger partial charge on any atom is -0.380 e. The number of benzene rings is 4. The summed E-state index contributed by atoms with van der Waals surface area (Å²) >= 11 is 7.64. The van der Waals surface area contributed by atoms with E-state index in [1.165, 1.54) is 35.0 Å². The SMILES string of the molecule is CC1(CN=[N+]=[N-])CCC(c2ccc(Cl)cc2)=C(CN2CCN(c3ccc(C(=O)NS(=O)(=O)c4ccc(N[C@H](CCN5CCOCC5)CSc5ccccc5)c(S(=O)(=O)C(F)(F)F)c4)cc3)CC2)C1. The van der Waals surface area contributed by atoms with Crippen molar-refractivity contribution in [2.45, 2.75) is 58.8 Å². The van der Waals surface area contributed by atoms with Gasteiger partial charge in [0.1, 0.15) is 4.90 Å². The molecule has 2 aliphatic heterocycles. The van der Waals surface area contributed by atoms with Crippen molar-refractivity contribution >= 4 is 66.1 Å². The van der Waals surface area contributed by atoms with Gasteiger partial charge in [0, 0.05) is 96.8 Å². The molecular formula is C47H54ClF3N8O6S3. The lowest BCUT2D eigenvalue weighted by Gasteiger charge is -2.40. The summed E-state index contributed by atoms with van der Waals surface area (Å²) in [5.74, 6) is -0.688. The first kappa shape index (κ1) is 51.1. The minimum absolute atomic E-state index is 0.0286. The Bertz CT molecular complexity index is 2700. The number of halogens is 4.